The minimum absolute atomic E-state index is 0.0365. The van der Waals surface area contributed by atoms with Crippen LogP contribution in [0, 0.1) is 0 Å². The van der Waals surface area contributed by atoms with Crippen LogP contribution >= 0.6 is 0 Å². The molecule has 0 amide bonds. The molecule has 1 unspecified atom stereocenters. The molecule has 1 atom stereocenters. The highest BCUT2D eigenvalue weighted by Gasteiger charge is 2.34. The minimum atomic E-state index is -0.615. The summed E-state index contributed by atoms with van der Waals surface area (Å²) in [5.41, 5.74) is 2.25. The zero-order valence-electron chi connectivity index (χ0n) is 14.8. The molecule has 0 aliphatic carbocycles. The molecule has 2 heterocycles. The lowest BCUT2D eigenvalue weighted by molar-refractivity contribution is 0.0844. The van der Waals surface area contributed by atoms with Crippen LogP contribution < -0.4 is 10.5 Å². The van der Waals surface area contributed by atoms with Crippen molar-refractivity contribution in [1.29, 1.82) is 0 Å². The van der Waals surface area contributed by atoms with E-state index in [1.165, 1.54) is 12.7 Å². The fraction of sp³-hybridized carbons (Fsp3) is 0.474. The summed E-state index contributed by atoms with van der Waals surface area (Å²) in [6.07, 6.45) is 1.04. The largest absolute Gasteiger partial charge is 0.422 e. The van der Waals surface area contributed by atoms with Crippen LogP contribution in [0.1, 0.15) is 49.0 Å². The van der Waals surface area contributed by atoms with Crippen molar-refractivity contribution in [2.24, 2.45) is 0 Å². The fourth-order valence-electron chi connectivity index (χ4n) is 3.58. The Bertz CT molecular complexity index is 866. The number of carbonyl (C=O) groups excluding carboxylic acids is 1. The van der Waals surface area contributed by atoms with Gasteiger partial charge in [0.05, 0.1) is 0 Å². The molecule has 0 N–H and O–H groups in total. The number of hydrogen-bond donors (Lipinski definition) is 0. The van der Waals surface area contributed by atoms with Crippen molar-refractivity contribution in [3.05, 3.63) is 39.7 Å². The van der Waals surface area contributed by atoms with E-state index in [1.54, 1.807) is 6.07 Å². The molecule has 2 aromatic rings. The maximum Gasteiger partial charge on any atom is 0.347 e. The Morgan fingerprint density at radius 3 is 2.75 bits per heavy atom. The van der Waals surface area contributed by atoms with Crippen LogP contribution in [0.4, 0.5) is 5.69 Å². The van der Waals surface area contributed by atoms with Crippen LogP contribution in [0.5, 0.6) is 0 Å². The average molecular weight is 329 g/mol. The van der Waals surface area contributed by atoms with Crippen LogP contribution in [-0.4, -0.2) is 32.1 Å². The zero-order valence-corrected chi connectivity index (χ0v) is 14.8. The molecule has 1 aromatic carbocycles. The molecule has 3 rings (SSSR count). The summed E-state index contributed by atoms with van der Waals surface area (Å²) >= 11 is 0. The standard InChI is InChI=1S/C19H23NO4/c1-11-9-19(2,3)20(4)15-8-17-12(6-13(11)15)7-14(18(22)24-17)16(21)10-23-5/h6-8,11H,9-10H2,1-5H3. The number of carbonyl (C=O) groups is 1. The third-order valence-corrected chi connectivity index (χ3v) is 5.06. The van der Waals surface area contributed by atoms with Crippen LogP contribution in [0.3, 0.4) is 0 Å². The Balaban J connectivity index is 2.20. The summed E-state index contributed by atoms with van der Waals surface area (Å²) in [6.45, 7) is 6.49. The van der Waals surface area contributed by atoms with Gasteiger partial charge >= 0.3 is 5.63 Å². The molecule has 5 heteroatoms. The van der Waals surface area contributed by atoms with E-state index in [2.05, 4.69) is 32.7 Å². The monoisotopic (exact) mass is 329 g/mol. The van der Waals surface area contributed by atoms with E-state index in [4.69, 9.17) is 9.15 Å². The first kappa shape index (κ1) is 16.7. The van der Waals surface area contributed by atoms with E-state index in [-0.39, 0.29) is 23.5 Å². The van der Waals surface area contributed by atoms with Gasteiger partial charge < -0.3 is 14.1 Å². The van der Waals surface area contributed by atoms with Gasteiger partial charge in [0.1, 0.15) is 17.8 Å². The Kier molecular flexibility index (Phi) is 4.00. The first-order valence-electron chi connectivity index (χ1n) is 8.12. The van der Waals surface area contributed by atoms with Gasteiger partial charge in [-0.15, -0.1) is 0 Å². The van der Waals surface area contributed by atoms with Crippen LogP contribution in [0.25, 0.3) is 11.0 Å². The van der Waals surface area contributed by atoms with E-state index in [0.717, 1.165) is 17.5 Å². The van der Waals surface area contributed by atoms with Crippen molar-refractivity contribution < 1.29 is 13.9 Å². The number of ketones is 1. The van der Waals surface area contributed by atoms with Gasteiger partial charge in [0.25, 0.3) is 0 Å². The van der Waals surface area contributed by atoms with Crippen LogP contribution in [-0.2, 0) is 4.74 Å². The van der Waals surface area contributed by atoms with Gasteiger partial charge in [0.15, 0.2) is 5.78 Å². The number of Topliss-reactive ketones (excluding diaryl/α,β-unsaturated/α-hetero) is 1. The smallest absolute Gasteiger partial charge is 0.347 e. The fourth-order valence-corrected chi connectivity index (χ4v) is 3.58. The van der Waals surface area contributed by atoms with E-state index in [0.29, 0.717) is 11.5 Å². The second-order valence-electron chi connectivity index (χ2n) is 7.23. The van der Waals surface area contributed by atoms with E-state index in [1.807, 2.05) is 12.1 Å². The van der Waals surface area contributed by atoms with Gasteiger partial charge in [-0.2, -0.15) is 0 Å². The lowest BCUT2D eigenvalue weighted by atomic mass is 9.80. The first-order chi connectivity index (χ1) is 11.2. The quantitative estimate of drug-likeness (QED) is 0.638. The zero-order chi connectivity index (χ0) is 17.6. The number of ether oxygens (including phenoxy) is 1. The molecule has 0 fully saturated rings. The van der Waals surface area contributed by atoms with Crippen molar-refractivity contribution in [3.63, 3.8) is 0 Å². The number of benzene rings is 1. The lowest BCUT2D eigenvalue weighted by Crippen LogP contribution is -2.45. The molecule has 0 bridgehead atoms. The van der Waals surface area contributed by atoms with Crippen molar-refractivity contribution in [1.82, 2.24) is 0 Å². The van der Waals surface area contributed by atoms with Gasteiger partial charge in [-0.1, -0.05) is 6.92 Å². The van der Waals surface area contributed by atoms with Gasteiger partial charge in [0, 0.05) is 36.8 Å². The van der Waals surface area contributed by atoms with Crippen molar-refractivity contribution in [2.75, 3.05) is 25.7 Å². The molecule has 0 saturated carbocycles. The van der Waals surface area contributed by atoms with Gasteiger partial charge in [-0.3, -0.25) is 4.79 Å². The molecular weight excluding hydrogens is 306 g/mol. The summed E-state index contributed by atoms with van der Waals surface area (Å²) in [5.74, 6) is 0.0258. The number of methoxy groups -OCH3 is 1. The number of hydrogen-bond acceptors (Lipinski definition) is 5. The van der Waals surface area contributed by atoms with E-state index >= 15 is 0 Å². The third-order valence-electron chi connectivity index (χ3n) is 5.06. The van der Waals surface area contributed by atoms with Crippen molar-refractivity contribution >= 4 is 22.4 Å². The summed E-state index contributed by atoms with van der Waals surface area (Å²) < 4.78 is 10.3. The van der Waals surface area contributed by atoms with Gasteiger partial charge in [-0.25, -0.2) is 4.79 Å². The van der Waals surface area contributed by atoms with Crippen LogP contribution in [0.2, 0.25) is 0 Å². The lowest BCUT2D eigenvalue weighted by Gasteiger charge is -2.45. The van der Waals surface area contributed by atoms with Gasteiger partial charge in [-0.05, 0) is 43.9 Å². The van der Waals surface area contributed by atoms with Crippen LogP contribution in [0.15, 0.2) is 27.4 Å². The Labute approximate surface area is 141 Å². The normalized spacial score (nSPS) is 19.4. The molecule has 0 saturated heterocycles. The highest BCUT2D eigenvalue weighted by Crippen LogP contribution is 2.43. The number of anilines is 1. The number of fused-ring (bicyclic) bond motifs is 2. The predicted octanol–water partition coefficient (Wildman–Crippen LogP) is 3.34. The second kappa shape index (κ2) is 5.74. The highest BCUT2D eigenvalue weighted by molar-refractivity contribution is 5.99. The predicted molar refractivity (Wildman–Crippen MR) is 94.2 cm³/mol. The summed E-state index contributed by atoms with van der Waals surface area (Å²) in [6, 6.07) is 5.57. The Hall–Kier alpha value is -2.14. The Morgan fingerprint density at radius 2 is 2.08 bits per heavy atom. The van der Waals surface area contributed by atoms with E-state index < -0.39 is 5.63 Å². The Morgan fingerprint density at radius 1 is 1.38 bits per heavy atom. The molecule has 0 spiro atoms. The first-order valence-corrected chi connectivity index (χ1v) is 8.12. The second-order valence-corrected chi connectivity index (χ2v) is 7.23. The van der Waals surface area contributed by atoms with Gasteiger partial charge in [0.2, 0.25) is 0 Å². The summed E-state index contributed by atoms with van der Waals surface area (Å²) in [7, 11) is 3.49. The molecule has 0 radical (unpaired) electrons. The molecule has 1 aromatic heterocycles. The molecule has 5 nitrogen and oxygen atoms in total. The minimum Gasteiger partial charge on any atom is -0.422 e. The summed E-state index contributed by atoms with van der Waals surface area (Å²) in [4.78, 5) is 26.4. The third kappa shape index (κ3) is 2.63. The van der Waals surface area contributed by atoms with E-state index in [9.17, 15) is 9.59 Å². The molecule has 24 heavy (non-hydrogen) atoms. The molecular formula is C19H23NO4. The van der Waals surface area contributed by atoms with Crippen molar-refractivity contribution in [3.8, 4) is 0 Å². The number of nitrogens with zero attached hydrogens (tertiary/aromatic N) is 1. The maximum absolute atomic E-state index is 12.1. The maximum atomic E-state index is 12.1. The average Bonchev–Trinajstić information content (AvgIpc) is 2.50. The molecule has 128 valence electrons. The summed E-state index contributed by atoms with van der Waals surface area (Å²) in [5, 5.41) is 0.771. The molecule has 1 aliphatic rings. The molecule has 1 aliphatic heterocycles. The SMILES string of the molecule is COCC(=O)c1cc2cc3c(cc2oc1=O)N(C)C(C)(C)CC3C. The topological polar surface area (TPSA) is 59.8 Å². The number of rotatable bonds is 3. The van der Waals surface area contributed by atoms with Crippen molar-refractivity contribution in [2.45, 2.75) is 38.6 Å². The highest BCUT2D eigenvalue weighted by atomic mass is 16.5.